The fourth-order valence-electron chi connectivity index (χ4n) is 4.12. The molecule has 0 aliphatic carbocycles. The molecule has 8 nitrogen and oxygen atoms in total. The number of fused-ring (bicyclic) bond motifs is 2. The molecule has 1 amide bonds. The third kappa shape index (κ3) is 4.49. The van der Waals surface area contributed by atoms with E-state index in [4.69, 9.17) is 9.47 Å². The van der Waals surface area contributed by atoms with Crippen LogP contribution in [0.3, 0.4) is 0 Å². The molecule has 1 aromatic heterocycles. The fraction of sp³-hybridized carbons (Fsp3) is 0.115. The summed E-state index contributed by atoms with van der Waals surface area (Å²) in [6, 6.07) is 16.9. The average Bonchev–Trinajstić information content (AvgIpc) is 3.13. The van der Waals surface area contributed by atoms with Crippen molar-refractivity contribution in [1.29, 1.82) is 0 Å². The van der Waals surface area contributed by atoms with Crippen molar-refractivity contribution in [2.75, 3.05) is 12.1 Å². The van der Waals surface area contributed by atoms with Gasteiger partial charge < -0.3 is 24.5 Å². The molecule has 1 aliphatic rings. The first-order chi connectivity index (χ1) is 17.0. The number of aromatic nitrogens is 1. The van der Waals surface area contributed by atoms with Gasteiger partial charge in [-0.1, -0.05) is 30.3 Å². The number of carbonyl (C=O) groups is 1. The van der Waals surface area contributed by atoms with Gasteiger partial charge in [0.05, 0.1) is 18.7 Å². The maximum atomic E-state index is 14.2. The van der Waals surface area contributed by atoms with Gasteiger partial charge in [0.2, 0.25) is 11.8 Å². The molecule has 0 bridgehead atoms. The molecule has 4 aromatic rings. The van der Waals surface area contributed by atoms with Crippen LogP contribution in [0.2, 0.25) is 0 Å². The minimum absolute atomic E-state index is 0.0312. The second-order valence-electron chi connectivity index (χ2n) is 7.98. The Morgan fingerprint density at radius 2 is 2.00 bits per heavy atom. The van der Waals surface area contributed by atoms with Gasteiger partial charge in [0.15, 0.2) is 12.5 Å². The van der Waals surface area contributed by atoms with Crippen LogP contribution in [0.1, 0.15) is 16.7 Å². The number of rotatable bonds is 6. The molecule has 0 fully saturated rings. The van der Waals surface area contributed by atoms with E-state index < -0.39 is 5.82 Å². The lowest BCUT2D eigenvalue weighted by Gasteiger charge is -2.21. The van der Waals surface area contributed by atoms with Crippen LogP contribution >= 0.6 is 0 Å². The maximum absolute atomic E-state index is 14.2. The molecule has 176 valence electrons. The first-order valence-electron chi connectivity index (χ1n) is 10.8. The zero-order valence-corrected chi connectivity index (χ0v) is 18.4. The largest absolute Gasteiger partial charge is 0.493 e. The van der Waals surface area contributed by atoms with Gasteiger partial charge in [0.25, 0.3) is 0 Å². The lowest BCUT2D eigenvalue weighted by atomic mass is 10.1. The standard InChI is InChI=1S/C26H20FN3O5/c27-19-10-17(25-18(11-19)14-34-15-35-25)13-30-22-8-7-20(12-21(22)24(29-33)26(30)32)28-23(31)9-6-16-4-2-1-3-5-16/h1-12,32H,13-15H2,(H,28,31). The molecule has 0 radical (unpaired) electrons. The smallest absolute Gasteiger partial charge is 0.248 e. The van der Waals surface area contributed by atoms with Gasteiger partial charge in [-0.2, -0.15) is 0 Å². The lowest BCUT2D eigenvalue weighted by molar-refractivity contribution is -0.111. The highest BCUT2D eigenvalue weighted by Gasteiger charge is 2.22. The van der Waals surface area contributed by atoms with Crippen molar-refractivity contribution >= 4 is 34.3 Å². The predicted molar refractivity (Wildman–Crippen MR) is 129 cm³/mol. The molecular formula is C26H20FN3O5. The van der Waals surface area contributed by atoms with Crippen LogP contribution in [0.25, 0.3) is 17.0 Å². The number of ether oxygens (including phenoxy) is 2. The van der Waals surface area contributed by atoms with Crippen molar-refractivity contribution in [2.45, 2.75) is 13.2 Å². The Hall–Kier alpha value is -4.50. The molecule has 1 aliphatic heterocycles. The second-order valence-corrected chi connectivity index (χ2v) is 7.98. The number of carbonyl (C=O) groups excluding carboxylic acids is 1. The summed E-state index contributed by atoms with van der Waals surface area (Å²) >= 11 is 0. The van der Waals surface area contributed by atoms with Gasteiger partial charge >= 0.3 is 0 Å². The molecule has 0 spiro atoms. The number of amides is 1. The topological polar surface area (TPSA) is 102 Å². The van der Waals surface area contributed by atoms with Crippen molar-refractivity contribution < 1.29 is 23.8 Å². The molecule has 0 unspecified atom stereocenters. The third-order valence-corrected chi connectivity index (χ3v) is 5.68. The van der Waals surface area contributed by atoms with Crippen LogP contribution < -0.4 is 10.1 Å². The quantitative estimate of drug-likeness (QED) is 0.286. The average molecular weight is 473 g/mol. The van der Waals surface area contributed by atoms with Crippen LogP contribution in [-0.4, -0.2) is 22.4 Å². The van der Waals surface area contributed by atoms with Gasteiger partial charge in [0, 0.05) is 28.3 Å². The Kier molecular flexibility index (Phi) is 5.99. The van der Waals surface area contributed by atoms with Crippen molar-refractivity contribution in [3.63, 3.8) is 0 Å². The molecule has 0 atom stereocenters. The van der Waals surface area contributed by atoms with E-state index in [1.54, 1.807) is 24.3 Å². The minimum atomic E-state index is -0.467. The van der Waals surface area contributed by atoms with E-state index >= 15 is 0 Å². The van der Waals surface area contributed by atoms with Crippen molar-refractivity contribution in [3.05, 3.63) is 94.2 Å². The Bertz CT molecular complexity index is 1460. The molecule has 0 saturated carbocycles. The zero-order valence-electron chi connectivity index (χ0n) is 18.4. The number of benzene rings is 3. The van der Waals surface area contributed by atoms with Crippen molar-refractivity contribution in [2.24, 2.45) is 5.18 Å². The Balaban J connectivity index is 1.46. The molecule has 9 heteroatoms. The van der Waals surface area contributed by atoms with E-state index in [0.717, 1.165) is 5.56 Å². The Labute approximate surface area is 199 Å². The molecule has 2 N–H and O–H groups in total. The molecule has 5 rings (SSSR count). The van der Waals surface area contributed by atoms with Crippen LogP contribution in [0.15, 0.2) is 71.9 Å². The summed E-state index contributed by atoms with van der Waals surface area (Å²) in [6.45, 7) is 0.276. The molecule has 3 aromatic carbocycles. The van der Waals surface area contributed by atoms with E-state index in [-0.39, 0.29) is 37.4 Å². The van der Waals surface area contributed by atoms with Gasteiger partial charge in [0.1, 0.15) is 11.6 Å². The number of anilines is 1. The summed E-state index contributed by atoms with van der Waals surface area (Å²) in [5.41, 5.74) is 2.65. The summed E-state index contributed by atoms with van der Waals surface area (Å²) in [5.74, 6) is -0.713. The van der Waals surface area contributed by atoms with E-state index in [1.165, 1.54) is 22.8 Å². The third-order valence-electron chi connectivity index (χ3n) is 5.68. The summed E-state index contributed by atoms with van der Waals surface area (Å²) in [4.78, 5) is 23.9. The number of nitrogens with one attached hydrogen (secondary N) is 1. The van der Waals surface area contributed by atoms with E-state index in [2.05, 4.69) is 10.5 Å². The highest BCUT2D eigenvalue weighted by Crippen LogP contribution is 2.41. The van der Waals surface area contributed by atoms with Gasteiger partial charge in [-0.3, -0.25) is 4.79 Å². The normalized spacial score (nSPS) is 12.9. The SMILES string of the molecule is O=Nc1c(O)n(Cc2cc(F)cc3c2OCOC3)c2ccc(NC(=O)C=Cc3ccccc3)cc12. The number of aromatic hydroxyl groups is 1. The van der Waals surface area contributed by atoms with E-state index in [0.29, 0.717) is 33.5 Å². The second kappa shape index (κ2) is 9.40. The Morgan fingerprint density at radius 1 is 1.17 bits per heavy atom. The number of hydrogen-bond donors (Lipinski definition) is 2. The van der Waals surface area contributed by atoms with Crippen molar-refractivity contribution in [1.82, 2.24) is 4.57 Å². The highest BCUT2D eigenvalue weighted by atomic mass is 19.1. The van der Waals surface area contributed by atoms with Gasteiger partial charge in [-0.05, 0) is 47.1 Å². The molecule has 35 heavy (non-hydrogen) atoms. The fourth-order valence-corrected chi connectivity index (χ4v) is 4.12. The van der Waals surface area contributed by atoms with Crippen LogP contribution in [0, 0.1) is 10.7 Å². The van der Waals surface area contributed by atoms with Crippen LogP contribution in [0.4, 0.5) is 15.8 Å². The summed E-state index contributed by atoms with van der Waals surface area (Å²) in [7, 11) is 0. The summed E-state index contributed by atoms with van der Waals surface area (Å²) in [6.07, 6.45) is 3.08. The molecular weight excluding hydrogens is 453 g/mol. The Morgan fingerprint density at radius 3 is 2.80 bits per heavy atom. The molecule has 2 heterocycles. The van der Waals surface area contributed by atoms with Gasteiger partial charge in [-0.25, -0.2) is 4.39 Å². The zero-order chi connectivity index (χ0) is 24.4. The van der Waals surface area contributed by atoms with Gasteiger partial charge in [-0.15, -0.1) is 4.91 Å². The number of nitroso groups, excluding NO2 is 1. The van der Waals surface area contributed by atoms with Crippen LogP contribution in [-0.2, 0) is 22.7 Å². The number of nitrogens with zero attached hydrogens (tertiary/aromatic N) is 2. The first kappa shape index (κ1) is 22.3. The van der Waals surface area contributed by atoms with E-state index in [1.807, 2.05) is 30.3 Å². The summed E-state index contributed by atoms with van der Waals surface area (Å²) < 4.78 is 26.4. The first-order valence-corrected chi connectivity index (χ1v) is 10.8. The molecule has 0 saturated heterocycles. The minimum Gasteiger partial charge on any atom is -0.493 e. The number of halogens is 1. The predicted octanol–water partition coefficient (Wildman–Crippen LogP) is 5.45. The summed E-state index contributed by atoms with van der Waals surface area (Å²) in [5, 5.41) is 16.8. The van der Waals surface area contributed by atoms with Crippen molar-refractivity contribution in [3.8, 4) is 11.6 Å². The lowest BCUT2D eigenvalue weighted by Crippen LogP contribution is -2.14. The monoisotopic (exact) mass is 473 g/mol. The van der Waals surface area contributed by atoms with E-state index in [9.17, 15) is 19.2 Å². The number of hydrogen-bond acceptors (Lipinski definition) is 6. The van der Waals surface area contributed by atoms with Crippen LogP contribution in [0.5, 0.6) is 11.6 Å². The highest BCUT2D eigenvalue weighted by molar-refractivity contribution is 6.04. The maximum Gasteiger partial charge on any atom is 0.248 e.